The number of nitrogens with two attached hydrogens (primary N) is 1. The summed E-state index contributed by atoms with van der Waals surface area (Å²) in [7, 11) is 0. The molecule has 0 heterocycles. The van der Waals surface area contributed by atoms with Gasteiger partial charge in [0.25, 0.3) is 0 Å². The van der Waals surface area contributed by atoms with Gasteiger partial charge >= 0.3 is 0 Å². The van der Waals surface area contributed by atoms with Crippen LogP contribution in [0.4, 0.5) is 0 Å². The first-order chi connectivity index (χ1) is 6.33. The third-order valence-electron chi connectivity index (χ3n) is 3.76. The zero-order chi connectivity index (χ0) is 8.89. The molecule has 2 N–H and O–H groups in total. The molecule has 2 aliphatic rings. The number of aryl methyl sites for hydroxylation is 1. The lowest BCUT2D eigenvalue weighted by molar-refractivity contribution is 0.526. The highest BCUT2D eigenvalue weighted by Crippen LogP contribution is 2.54. The first-order valence-corrected chi connectivity index (χ1v) is 5.17. The molecule has 0 aromatic heterocycles. The average molecular weight is 210 g/mol. The van der Waals surface area contributed by atoms with E-state index in [1.165, 1.54) is 25.7 Å². The molecule has 0 saturated heterocycles. The van der Waals surface area contributed by atoms with Crippen LogP contribution in [0.1, 0.15) is 30.4 Å². The normalized spacial score (nSPS) is 33.4. The number of hydrogen-bond acceptors (Lipinski definition) is 1. The average Bonchev–Trinajstić information content (AvgIpc) is 2.79. The fourth-order valence-electron chi connectivity index (χ4n) is 2.88. The molecule has 1 nitrogen and oxygen atoms in total. The van der Waals surface area contributed by atoms with Gasteiger partial charge in [0.05, 0.1) is 0 Å². The summed E-state index contributed by atoms with van der Waals surface area (Å²) in [6, 6.07) is 9.28. The van der Waals surface area contributed by atoms with Gasteiger partial charge in [-0.25, -0.2) is 0 Å². The Kier molecular flexibility index (Phi) is 2.32. The van der Waals surface area contributed by atoms with Crippen molar-refractivity contribution in [2.45, 2.75) is 37.1 Å². The van der Waals surface area contributed by atoms with Gasteiger partial charge in [-0.3, -0.25) is 0 Å². The zero-order valence-corrected chi connectivity index (χ0v) is 9.02. The van der Waals surface area contributed by atoms with Gasteiger partial charge in [0.2, 0.25) is 0 Å². The minimum atomic E-state index is 0. The maximum absolute atomic E-state index is 6.05. The molecule has 0 amide bonds. The number of halogens is 1. The van der Waals surface area contributed by atoms with E-state index in [1.807, 2.05) is 0 Å². The molecular weight excluding hydrogens is 194 g/mol. The van der Waals surface area contributed by atoms with Gasteiger partial charge in [0.1, 0.15) is 0 Å². The van der Waals surface area contributed by atoms with Crippen molar-refractivity contribution < 1.29 is 0 Å². The highest BCUT2D eigenvalue weighted by Gasteiger charge is 2.54. The molecule has 3 rings (SSSR count). The Morgan fingerprint density at radius 1 is 1.29 bits per heavy atom. The van der Waals surface area contributed by atoms with Crippen molar-refractivity contribution in [3.63, 3.8) is 0 Å². The van der Waals surface area contributed by atoms with Crippen LogP contribution in [0.5, 0.6) is 0 Å². The second kappa shape index (κ2) is 3.25. The van der Waals surface area contributed by atoms with Crippen LogP contribution < -0.4 is 5.73 Å². The van der Waals surface area contributed by atoms with Crippen molar-refractivity contribution in [3.8, 4) is 0 Å². The van der Waals surface area contributed by atoms with E-state index in [-0.39, 0.29) is 12.4 Å². The minimum absolute atomic E-state index is 0. The van der Waals surface area contributed by atoms with Gasteiger partial charge in [-0.1, -0.05) is 24.3 Å². The largest absolute Gasteiger partial charge is 0.327 e. The van der Waals surface area contributed by atoms with Crippen LogP contribution in [0, 0.1) is 0 Å². The summed E-state index contributed by atoms with van der Waals surface area (Å²) < 4.78 is 0. The Morgan fingerprint density at radius 3 is 2.71 bits per heavy atom. The lowest BCUT2D eigenvalue weighted by atomic mass is 9.80. The molecule has 76 valence electrons. The van der Waals surface area contributed by atoms with Gasteiger partial charge in [-0.2, -0.15) is 0 Å². The van der Waals surface area contributed by atoms with Crippen molar-refractivity contribution in [3.05, 3.63) is 35.4 Å². The second-order valence-electron chi connectivity index (χ2n) is 4.48. The molecule has 1 saturated carbocycles. The van der Waals surface area contributed by atoms with Crippen LogP contribution in [0.2, 0.25) is 0 Å². The van der Waals surface area contributed by atoms with E-state index in [2.05, 4.69) is 24.3 Å². The molecule has 1 spiro atoms. The molecular formula is C12H16ClN. The highest BCUT2D eigenvalue weighted by molar-refractivity contribution is 5.85. The molecule has 0 unspecified atom stereocenters. The van der Waals surface area contributed by atoms with Gasteiger partial charge in [0, 0.05) is 11.5 Å². The van der Waals surface area contributed by atoms with Crippen LogP contribution in [0.25, 0.3) is 0 Å². The standard InChI is InChI=1S/C12H15N.ClH/c13-11-8-12(11)7-3-5-9-4-1-2-6-10(9)12;/h1-2,4,6,11H,3,5,7-8,13H2;1H/t11-,12+;/m1./s1. The van der Waals surface area contributed by atoms with Gasteiger partial charge in [0.15, 0.2) is 0 Å². The zero-order valence-electron chi connectivity index (χ0n) is 8.20. The molecule has 0 radical (unpaired) electrons. The minimum Gasteiger partial charge on any atom is -0.327 e. The highest BCUT2D eigenvalue weighted by atomic mass is 35.5. The maximum atomic E-state index is 6.05. The van der Waals surface area contributed by atoms with Crippen LogP contribution in [-0.2, 0) is 11.8 Å². The van der Waals surface area contributed by atoms with E-state index >= 15 is 0 Å². The lowest BCUT2D eigenvalue weighted by Gasteiger charge is -2.25. The monoisotopic (exact) mass is 209 g/mol. The fourth-order valence-corrected chi connectivity index (χ4v) is 2.88. The van der Waals surface area contributed by atoms with Crippen LogP contribution in [0.3, 0.4) is 0 Å². The smallest absolute Gasteiger partial charge is 0.0146 e. The van der Waals surface area contributed by atoms with E-state index < -0.39 is 0 Å². The third-order valence-corrected chi connectivity index (χ3v) is 3.76. The molecule has 2 aliphatic carbocycles. The van der Waals surface area contributed by atoms with Crippen molar-refractivity contribution >= 4 is 12.4 Å². The summed E-state index contributed by atoms with van der Waals surface area (Å²) >= 11 is 0. The van der Waals surface area contributed by atoms with Crippen molar-refractivity contribution in [1.82, 2.24) is 0 Å². The molecule has 2 atom stereocenters. The van der Waals surface area contributed by atoms with Crippen molar-refractivity contribution in [1.29, 1.82) is 0 Å². The Bertz CT molecular complexity index is 350. The molecule has 1 aromatic carbocycles. The SMILES string of the molecule is Cl.N[C@@H]1C[C@]12CCCc1ccccc12. The quantitative estimate of drug-likeness (QED) is 0.698. The summed E-state index contributed by atoms with van der Waals surface area (Å²) in [6.45, 7) is 0. The Morgan fingerprint density at radius 2 is 2.00 bits per heavy atom. The fraction of sp³-hybridized carbons (Fsp3) is 0.500. The summed E-state index contributed by atoms with van der Waals surface area (Å²) in [6.07, 6.45) is 5.10. The first kappa shape index (κ1) is 10.0. The molecule has 14 heavy (non-hydrogen) atoms. The van der Waals surface area contributed by atoms with Crippen LogP contribution in [0.15, 0.2) is 24.3 Å². The molecule has 0 bridgehead atoms. The Balaban J connectivity index is 0.000000750. The van der Waals surface area contributed by atoms with Crippen molar-refractivity contribution in [2.24, 2.45) is 5.73 Å². The van der Waals surface area contributed by atoms with E-state index in [0.29, 0.717) is 11.5 Å². The van der Waals surface area contributed by atoms with Gasteiger partial charge in [-0.15, -0.1) is 12.4 Å². The summed E-state index contributed by atoms with van der Waals surface area (Å²) in [5, 5.41) is 0. The van der Waals surface area contributed by atoms with E-state index in [9.17, 15) is 0 Å². The van der Waals surface area contributed by atoms with Gasteiger partial charge in [-0.05, 0) is 36.8 Å². The third kappa shape index (κ3) is 1.19. The number of hydrogen-bond donors (Lipinski definition) is 1. The lowest BCUT2D eigenvalue weighted by Crippen LogP contribution is -2.23. The van der Waals surface area contributed by atoms with Gasteiger partial charge < -0.3 is 5.73 Å². The predicted octanol–water partition coefficient (Wildman–Crippen LogP) is 2.41. The summed E-state index contributed by atoms with van der Waals surface area (Å²) in [5.41, 5.74) is 9.54. The second-order valence-corrected chi connectivity index (χ2v) is 4.48. The van der Waals surface area contributed by atoms with E-state index in [0.717, 1.165) is 0 Å². The Labute approximate surface area is 91.1 Å². The number of rotatable bonds is 0. The first-order valence-electron chi connectivity index (χ1n) is 5.17. The summed E-state index contributed by atoms with van der Waals surface area (Å²) in [5.74, 6) is 0. The molecule has 0 aliphatic heterocycles. The van der Waals surface area contributed by atoms with E-state index in [4.69, 9.17) is 5.73 Å². The van der Waals surface area contributed by atoms with Crippen LogP contribution in [-0.4, -0.2) is 6.04 Å². The van der Waals surface area contributed by atoms with Crippen molar-refractivity contribution in [2.75, 3.05) is 0 Å². The predicted molar refractivity (Wildman–Crippen MR) is 60.9 cm³/mol. The maximum Gasteiger partial charge on any atom is 0.0146 e. The molecule has 2 heteroatoms. The summed E-state index contributed by atoms with van der Waals surface area (Å²) in [4.78, 5) is 0. The Hall–Kier alpha value is -0.530. The van der Waals surface area contributed by atoms with Crippen LogP contribution >= 0.6 is 12.4 Å². The molecule has 1 fully saturated rings. The molecule has 1 aromatic rings. The topological polar surface area (TPSA) is 26.0 Å². The number of fused-ring (bicyclic) bond motifs is 2. The number of benzene rings is 1. The van der Waals surface area contributed by atoms with E-state index in [1.54, 1.807) is 11.1 Å².